The van der Waals surface area contributed by atoms with Gasteiger partial charge < -0.3 is 5.32 Å². The third kappa shape index (κ3) is 4.14. The van der Waals surface area contributed by atoms with Crippen LogP contribution in [0, 0.1) is 5.82 Å². The molecule has 0 saturated carbocycles. The molecule has 146 valence electrons. The minimum absolute atomic E-state index is 0.000519. The molecule has 1 aliphatic rings. The summed E-state index contributed by atoms with van der Waals surface area (Å²) < 4.78 is 13.8. The molecule has 0 bridgehead atoms. The number of carbonyl (C=O) groups is 3. The number of hydrogen-bond acceptors (Lipinski definition) is 3. The summed E-state index contributed by atoms with van der Waals surface area (Å²) in [5.74, 6) is -1.92. The zero-order valence-electron chi connectivity index (χ0n) is 15.2. The van der Waals surface area contributed by atoms with Crippen molar-refractivity contribution >= 4 is 29.4 Å². The first-order valence-corrected chi connectivity index (χ1v) is 9.11. The van der Waals surface area contributed by atoms with Crippen LogP contribution in [0.1, 0.15) is 24.5 Å². The van der Waals surface area contributed by atoms with Crippen LogP contribution >= 0.6 is 11.6 Å². The summed E-state index contributed by atoms with van der Waals surface area (Å²) in [5.41, 5.74) is 2.13. The maximum absolute atomic E-state index is 13.8. The van der Waals surface area contributed by atoms with Crippen molar-refractivity contribution in [3.05, 3.63) is 70.5 Å². The molecule has 0 radical (unpaired) electrons. The number of rotatable bonds is 6. The molecule has 4 amide bonds. The Morgan fingerprint density at radius 3 is 2.57 bits per heavy atom. The van der Waals surface area contributed by atoms with E-state index in [1.807, 2.05) is 30.3 Å². The first kappa shape index (κ1) is 19.8. The number of carbonyl (C=O) groups excluding carboxylic acids is 3. The second kappa shape index (κ2) is 7.98. The van der Waals surface area contributed by atoms with E-state index in [2.05, 4.69) is 10.7 Å². The molecule has 0 aliphatic carbocycles. The lowest BCUT2D eigenvalue weighted by molar-refractivity contribution is -0.138. The van der Waals surface area contributed by atoms with Crippen LogP contribution in [0.4, 0.5) is 9.18 Å². The van der Waals surface area contributed by atoms with Crippen molar-refractivity contribution in [2.45, 2.75) is 31.7 Å². The monoisotopic (exact) mass is 403 g/mol. The van der Waals surface area contributed by atoms with E-state index >= 15 is 0 Å². The zero-order valence-corrected chi connectivity index (χ0v) is 15.9. The molecule has 1 heterocycles. The van der Waals surface area contributed by atoms with Gasteiger partial charge in [0.05, 0.1) is 6.42 Å². The van der Waals surface area contributed by atoms with E-state index in [-0.39, 0.29) is 10.6 Å². The molecule has 1 saturated heterocycles. The number of imide groups is 1. The van der Waals surface area contributed by atoms with Gasteiger partial charge in [-0.15, -0.1) is 0 Å². The summed E-state index contributed by atoms with van der Waals surface area (Å²) in [7, 11) is 0. The molecule has 2 aromatic rings. The van der Waals surface area contributed by atoms with Gasteiger partial charge in [-0.1, -0.05) is 48.0 Å². The highest BCUT2D eigenvalue weighted by Crippen LogP contribution is 2.23. The predicted octanol–water partition coefficient (Wildman–Crippen LogP) is 3.00. The summed E-state index contributed by atoms with van der Waals surface area (Å²) in [4.78, 5) is 37.2. The van der Waals surface area contributed by atoms with Gasteiger partial charge in [0.1, 0.15) is 11.4 Å². The zero-order chi connectivity index (χ0) is 20.3. The summed E-state index contributed by atoms with van der Waals surface area (Å²) in [5, 5.41) is 3.35. The van der Waals surface area contributed by atoms with Crippen LogP contribution in [0.5, 0.6) is 0 Å². The highest BCUT2D eigenvalue weighted by molar-refractivity contribution is 6.31. The average Bonchev–Trinajstić information content (AvgIpc) is 2.88. The lowest BCUT2D eigenvalue weighted by atomic mass is 9.93. The van der Waals surface area contributed by atoms with E-state index in [1.54, 1.807) is 6.92 Å². The van der Waals surface area contributed by atoms with Gasteiger partial charge in [0.2, 0.25) is 5.91 Å². The van der Waals surface area contributed by atoms with E-state index < -0.39 is 35.6 Å². The third-order valence-corrected chi connectivity index (χ3v) is 5.01. The average molecular weight is 404 g/mol. The van der Waals surface area contributed by atoms with Gasteiger partial charge in [-0.3, -0.25) is 15.0 Å². The van der Waals surface area contributed by atoms with Gasteiger partial charge in [0.25, 0.3) is 5.91 Å². The lowest BCUT2D eigenvalue weighted by Crippen LogP contribution is -2.49. The Hall–Kier alpha value is -2.93. The van der Waals surface area contributed by atoms with Gasteiger partial charge in [-0.25, -0.2) is 9.18 Å². The van der Waals surface area contributed by atoms with Crippen LogP contribution in [-0.2, 0) is 22.4 Å². The van der Waals surface area contributed by atoms with E-state index in [1.165, 1.54) is 18.2 Å². The molecule has 0 aromatic heterocycles. The van der Waals surface area contributed by atoms with Crippen molar-refractivity contribution in [2.24, 2.45) is 0 Å². The fourth-order valence-corrected chi connectivity index (χ4v) is 3.25. The molecular weight excluding hydrogens is 385 g/mol. The van der Waals surface area contributed by atoms with Crippen LogP contribution in [0.15, 0.2) is 48.5 Å². The minimum atomic E-state index is -1.14. The van der Waals surface area contributed by atoms with Crippen LogP contribution in [0.3, 0.4) is 0 Å². The Morgan fingerprint density at radius 2 is 1.89 bits per heavy atom. The summed E-state index contributed by atoms with van der Waals surface area (Å²) in [6.07, 6.45) is 0.548. The molecule has 1 aliphatic heterocycles. The topological polar surface area (TPSA) is 78.5 Å². The van der Waals surface area contributed by atoms with Gasteiger partial charge in [0, 0.05) is 10.6 Å². The molecule has 2 aromatic carbocycles. The molecule has 1 atom stereocenters. The van der Waals surface area contributed by atoms with Gasteiger partial charge in [-0.05, 0) is 37.5 Å². The number of hydrazine groups is 1. The first-order valence-electron chi connectivity index (χ1n) is 8.73. The van der Waals surface area contributed by atoms with Crippen molar-refractivity contribution in [1.29, 1.82) is 0 Å². The Balaban J connectivity index is 1.65. The summed E-state index contributed by atoms with van der Waals surface area (Å²) in [6.45, 7) is 1.61. The molecule has 28 heavy (non-hydrogen) atoms. The fourth-order valence-electron chi connectivity index (χ4n) is 3.02. The SMILES string of the molecule is C[C@]1(CCc2ccccc2)NC(=O)N(NC(=O)Cc2c(F)cccc2Cl)C1=O. The second-order valence-electron chi connectivity index (χ2n) is 6.80. The first-order chi connectivity index (χ1) is 13.3. The van der Waals surface area contributed by atoms with Crippen LogP contribution < -0.4 is 10.7 Å². The normalized spacial score (nSPS) is 18.9. The van der Waals surface area contributed by atoms with Crippen LogP contribution in [-0.4, -0.2) is 28.4 Å². The van der Waals surface area contributed by atoms with E-state index in [0.29, 0.717) is 17.9 Å². The fraction of sp³-hybridized carbons (Fsp3) is 0.250. The maximum atomic E-state index is 13.8. The third-order valence-electron chi connectivity index (χ3n) is 4.65. The minimum Gasteiger partial charge on any atom is -0.322 e. The standard InChI is InChI=1S/C20H19ClFN3O3/c1-20(11-10-13-6-3-2-4-7-13)18(27)25(19(28)23-20)24-17(26)12-14-15(21)8-5-9-16(14)22/h2-9H,10-12H2,1H3,(H,23,28)(H,24,26)/t20-/m1/s1. The van der Waals surface area contributed by atoms with Gasteiger partial charge >= 0.3 is 6.03 Å². The van der Waals surface area contributed by atoms with Gasteiger partial charge in [0.15, 0.2) is 0 Å². The van der Waals surface area contributed by atoms with Crippen molar-refractivity contribution in [2.75, 3.05) is 0 Å². The summed E-state index contributed by atoms with van der Waals surface area (Å²) in [6, 6.07) is 12.9. The van der Waals surface area contributed by atoms with Crippen LogP contribution in [0.2, 0.25) is 5.02 Å². The van der Waals surface area contributed by atoms with Crippen molar-refractivity contribution < 1.29 is 18.8 Å². The smallest absolute Gasteiger partial charge is 0.322 e. The van der Waals surface area contributed by atoms with Crippen molar-refractivity contribution in [3.8, 4) is 0 Å². The lowest BCUT2D eigenvalue weighted by Gasteiger charge is -2.21. The Labute approximate surface area is 166 Å². The van der Waals surface area contributed by atoms with Crippen molar-refractivity contribution in [3.63, 3.8) is 0 Å². The van der Waals surface area contributed by atoms with E-state index in [9.17, 15) is 18.8 Å². The number of nitrogens with zero attached hydrogens (tertiary/aromatic N) is 1. The number of nitrogens with one attached hydrogen (secondary N) is 2. The molecule has 8 heteroatoms. The van der Waals surface area contributed by atoms with Crippen LogP contribution in [0.25, 0.3) is 0 Å². The molecule has 0 spiro atoms. The van der Waals surface area contributed by atoms with E-state index in [0.717, 1.165) is 5.56 Å². The number of halogens is 2. The van der Waals surface area contributed by atoms with E-state index in [4.69, 9.17) is 11.6 Å². The molecule has 1 fully saturated rings. The number of urea groups is 1. The maximum Gasteiger partial charge on any atom is 0.344 e. The summed E-state index contributed by atoms with van der Waals surface area (Å²) >= 11 is 5.91. The molecular formula is C20H19ClFN3O3. The number of hydrogen-bond donors (Lipinski definition) is 2. The molecule has 3 rings (SSSR count). The number of benzene rings is 2. The molecule has 0 unspecified atom stereocenters. The van der Waals surface area contributed by atoms with Crippen molar-refractivity contribution in [1.82, 2.24) is 15.8 Å². The molecule has 2 N–H and O–H groups in total. The Bertz CT molecular complexity index is 902. The largest absolute Gasteiger partial charge is 0.344 e. The second-order valence-corrected chi connectivity index (χ2v) is 7.21. The number of amides is 4. The van der Waals surface area contributed by atoms with Gasteiger partial charge in [-0.2, -0.15) is 5.01 Å². The Morgan fingerprint density at radius 1 is 1.18 bits per heavy atom. The Kier molecular flexibility index (Phi) is 5.65. The quantitative estimate of drug-likeness (QED) is 0.728. The highest BCUT2D eigenvalue weighted by atomic mass is 35.5. The number of aryl methyl sites for hydroxylation is 1. The predicted molar refractivity (Wildman–Crippen MR) is 102 cm³/mol. The highest BCUT2D eigenvalue weighted by Gasteiger charge is 2.48. The molecule has 6 nitrogen and oxygen atoms in total.